The van der Waals surface area contributed by atoms with Crippen molar-refractivity contribution in [3.05, 3.63) is 30.1 Å². The van der Waals surface area contributed by atoms with E-state index in [1.165, 1.54) is 4.90 Å². The van der Waals surface area contributed by atoms with Gasteiger partial charge >= 0.3 is 12.5 Å². The Labute approximate surface area is 160 Å². The summed E-state index contributed by atoms with van der Waals surface area (Å²) >= 11 is 0. The number of carbonyl (C=O) groups is 2. The van der Waals surface area contributed by atoms with Gasteiger partial charge in [-0.25, -0.2) is 4.79 Å². The number of carbonyl (C=O) groups excluding carboxylic acids is 1. The topological polar surface area (TPSA) is 111 Å². The molecule has 1 aromatic heterocycles. The number of alkyl halides is 1. The first-order valence-electron chi connectivity index (χ1n) is 9.19. The molecule has 2 amide bonds. The average Bonchev–Trinajstić information content (AvgIpc) is 3.38. The summed E-state index contributed by atoms with van der Waals surface area (Å²) in [5.41, 5.74) is 7.27. The summed E-state index contributed by atoms with van der Waals surface area (Å²) in [6, 6.07) is 3.51. The maximum absolute atomic E-state index is 14.1. The van der Waals surface area contributed by atoms with E-state index in [2.05, 4.69) is 5.10 Å². The second-order valence-electron chi connectivity index (χ2n) is 7.26. The Morgan fingerprint density at radius 2 is 2.11 bits per heavy atom. The number of hydrogen-bond donors (Lipinski definition) is 2. The minimum absolute atomic E-state index is 0.136. The van der Waals surface area contributed by atoms with Gasteiger partial charge in [0, 0.05) is 28.9 Å². The highest BCUT2D eigenvalue weighted by Crippen LogP contribution is 2.44. The van der Waals surface area contributed by atoms with Gasteiger partial charge in [0.2, 0.25) is 0 Å². The van der Waals surface area contributed by atoms with Crippen molar-refractivity contribution in [2.45, 2.75) is 51.0 Å². The zero-order chi connectivity index (χ0) is 20.0. The van der Waals surface area contributed by atoms with Crippen molar-refractivity contribution in [2.75, 3.05) is 4.90 Å². The van der Waals surface area contributed by atoms with E-state index in [1.54, 1.807) is 18.3 Å². The predicted molar refractivity (Wildman–Crippen MR) is 98.9 cm³/mol. The van der Waals surface area contributed by atoms with Gasteiger partial charge in [0.15, 0.2) is 0 Å². The maximum atomic E-state index is 14.1. The summed E-state index contributed by atoms with van der Waals surface area (Å²) in [4.78, 5) is 24.2. The number of halogens is 1. The van der Waals surface area contributed by atoms with Crippen molar-refractivity contribution in [3.63, 3.8) is 0 Å². The number of anilines is 1. The number of fused-ring (bicyclic) bond motifs is 1. The van der Waals surface area contributed by atoms with E-state index in [-0.39, 0.29) is 11.8 Å². The number of hydrogen-bond acceptors (Lipinski definition) is 4. The molecule has 1 aromatic carbocycles. The van der Waals surface area contributed by atoms with Gasteiger partial charge in [-0.3, -0.25) is 14.4 Å². The highest BCUT2D eigenvalue weighted by molar-refractivity contribution is 5.91. The molecule has 1 aliphatic heterocycles. The van der Waals surface area contributed by atoms with Gasteiger partial charge in [0.25, 0.3) is 5.91 Å². The zero-order valence-corrected chi connectivity index (χ0v) is 15.3. The van der Waals surface area contributed by atoms with Crippen LogP contribution >= 0.6 is 0 Å². The van der Waals surface area contributed by atoms with Gasteiger partial charge in [-0.2, -0.15) is 9.49 Å². The molecule has 0 bridgehead atoms. The second kappa shape index (κ2) is 6.81. The summed E-state index contributed by atoms with van der Waals surface area (Å²) in [6.07, 6.45) is 3.25. The summed E-state index contributed by atoms with van der Waals surface area (Å²) in [7, 11) is 0. The molecule has 1 fully saturated rings. The monoisotopic (exact) mass is 388 g/mol. The van der Waals surface area contributed by atoms with Crippen molar-refractivity contribution in [1.29, 1.82) is 0 Å². The van der Waals surface area contributed by atoms with Crippen LogP contribution in [0, 0.1) is 0 Å². The van der Waals surface area contributed by atoms with Crippen molar-refractivity contribution < 1.29 is 23.8 Å². The molecule has 2 aromatic rings. The summed E-state index contributed by atoms with van der Waals surface area (Å²) in [5.74, 6) is -1.10. The molecule has 1 aliphatic carbocycles. The standard InChI is InChI=1S/C19H21FN4O4/c1-10-2-5-14-15(24(10)19(26)27)7-6-13(16(14)28-17(20)18(21)25)11-8-22-23(9-11)12-3-4-12/h6-10,12,17H,2-5H2,1H3,(H2,21,25)(H,26,27)/t10-,17+/m0/s1. The molecule has 2 atom stereocenters. The van der Waals surface area contributed by atoms with Crippen LogP contribution in [0.2, 0.25) is 0 Å². The maximum Gasteiger partial charge on any atom is 0.412 e. The van der Waals surface area contributed by atoms with Crippen LogP contribution in [0.4, 0.5) is 14.9 Å². The van der Waals surface area contributed by atoms with Gasteiger partial charge < -0.3 is 15.6 Å². The molecule has 148 valence electrons. The molecular weight excluding hydrogens is 367 g/mol. The average molecular weight is 388 g/mol. The van der Waals surface area contributed by atoms with Crippen LogP contribution < -0.4 is 15.4 Å². The van der Waals surface area contributed by atoms with E-state index in [4.69, 9.17) is 10.5 Å². The Kier molecular flexibility index (Phi) is 4.44. The third kappa shape index (κ3) is 3.17. The normalized spacial score (nSPS) is 19.8. The molecule has 2 heterocycles. The van der Waals surface area contributed by atoms with Crippen LogP contribution in [0.1, 0.15) is 37.8 Å². The number of ether oxygens (including phenoxy) is 1. The van der Waals surface area contributed by atoms with Crippen LogP contribution in [-0.4, -0.2) is 39.3 Å². The number of benzene rings is 1. The Bertz CT molecular complexity index is 940. The largest absolute Gasteiger partial charge is 0.465 e. The summed E-state index contributed by atoms with van der Waals surface area (Å²) in [5, 5.41) is 13.9. The number of aromatic nitrogens is 2. The number of rotatable bonds is 5. The van der Waals surface area contributed by atoms with E-state index in [0.717, 1.165) is 12.8 Å². The third-order valence-corrected chi connectivity index (χ3v) is 5.23. The summed E-state index contributed by atoms with van der Waals surface area (Å²) < 4.78 is 21.3. The molecule has 0 spiro atoms. The molecule has 28 heavy (non-hydrogen) atoms. The minimum atomic E-state index is -2.33. The number of primary amides is 1. The van der Waals surface area contributed by atoms with Crippen LogP contribution in [0.5, 0.6) is 5.75 Å². The number of nitrogens with zero attached hydrogens (tertiary/aromatic N) is 3. The molecule has 0 radical (unpaired) electrons. The molecular formula is C19H21FN4O4. The predicted octanol–water partition coefficient (Wildman–Crippen LogP) is 2.86. The molecule has 3 N–H and O–H groups in total. The molecule has 0 saturated heterocycles. The number of amides is 2. The SMILES string of the molecule is C[C@H]1CCc2c(ccc(-c3cnn(C4CC4)c3)c2O[C@@H](F)C(N)=O)N1C(=O)O. The lowest BCUT2D eigenvalue weighted by molar-refractivity contribution is -0.131. The number of nitrogens with two attached hydrogens (primary N) is 1. The van der Waals surface area contributed by atoms with Crippen LogP contribution in [-0.2, 0) is 11.2 Å². The molecule has 0 unspecified atom stereocenters. The number of carboxylic acid groups (broad SMARTS) is 1. The fourth-order valence-electron chi connectivity index (χ4n) is 3.64. The van der Waals surface area contributed by atoms with Gasteiger partial charge in [-0.1, -0.05) is 0 Å². The van der Waals surface area contributed by atoms with Gasteiger partial charge in [0.05, 0.1) is 17.9 Å². The highest BCUT2D eigenvalue weighted by atomic mass is 19.1. The lowest BCUT2D eigenvalue weighted by Crippen LogP contribution is -2.41. The summed E-state index contributed by atoms with van der Waals surface area (Å²) in [6.45, 7) is 1.81. The Morgan fingerprint density at radius 1 is 1.36 bits per heavy atom. The van der Waals surface area contributed by atoms with Gasteiger partial charge in [-0.05, 0) is 44.7 Å². The van der Waals surface area contributed by atoms with E-state index in [1.807, 2.05) is 17.8 Å². The first-order valence-corrected chi connectivity index (χ1v) is 9.19. The lowest BCUT2D eigenvalue weighted by Gasteiger charge is -2.34. The Hall–Kier alpha value is -3.10. The van der Waals surface area contributed by atoms with Gasteiger partial charge in [-0.15, -0.1) is 0 Å². The van der Waals surface area contributed by atoms with Crippen LogP contribution in [0.25, 0.3) is 11.1 Å². The van der Waals surface area contributed by atoms with Crippen molar-refractivity contribution in [3.8, 4) is 16.9 Å². The van der Waals surface area contributed by atoms with E-state index < -0.39 is 18.4 Å². The lowest BCUT2D eigenvalue weighted by atomic mass is 9.92. The fourth-order valence-corrected chi connectivity index (χ4v) is 3.64. The van der Waals surface area contributed by atoms with E-state index in [0.29, 0.717) is 41.3 Å². The molecule has 2 aliphatic rings. The van der Waals surface area contributed by atoms with Crippen LogP contribution in [0.15, 0.2) is 24.5 Å². The molecule has 8 nitrogen and oxygen atoms in total. The van der Waals surface area contributed by atoms with E-state index in [9.17, 15) is 19.1 Å². The van der Waals surface area contributed by atoms with Crippen molar-refractivity contribution >= 4 is 17.7 Å². The van der Waals surface area contributed by atoms with Gasteiger partial charge in [0.1, 0.15) is 5.75 Å². The molecule has 4 rings (SSSR count). The smallest absolute Gasteiger partial charge is 0.412 e. The first kappa shape index (κ1) is 18.3. The highest BCUT2D eigenvalue weighted by Gasteiger charge is 2.33. The van der Waals surface area contributed by atoms with Crippen LogP contribution in [0.3, 0.4) is 0 Å². The minimum Gasteiger partial charge on any atom is -0.465 e. The quantitative estimate of drug-likeness (QED) is 0.818. The Balaban J connectivity index is 1.83. The van der Waals surface area contributed by atoms with Crippen molar-refractivity contribution in [2.24, 2.45) is 5.73 Å². The second-order valence-corrected chi connectivity index (χ2v) is 7.26. The first-order chi connectivity index (χ1) is 13.4. The zero-order valence-electron chi connectivity index (χ0n) is 15.3. The third-order valence-electron chi connectivity index (χ3n) is 5.23. The van der Waals surface area contributed by atoms with Crippen molar-refractivity contribution in [1.82, 2.24) is 9.78 Å². The fraction of sp³-hybridized carbons (Fsp3) is 0.421. The molecule has 1 saturated carbocycles. The molecule has 9 heteroatoms. The van der Waals surface area contributed by atoms with E-state index >= 15 is 0 Å². The Morgan fingerprint density at radius 3 is 2.75 bits per heavy atom.